The molecule has 1 heterocycles. The number of fused-ring (bicyclic) bond motifs is 1. The zero-order valence-electron chi connectivity index (χ0n) is 23.4. The third-order valence-corrected chi connectivity index (χ3v) is 9.61. The first-order chi connectivity index (χ1) is 19.6. The Labute approximate surface area is 251 Å². The fraction of sp³-hybridized carbons (Fsp3) is 0.314. The van der Waals surface area contributed by atoms with Gasteiger partial charge in [0.25, 0.3) is 0 Å². The molecule has 1 unspecified atom stereocenters. The summed E-state index contributed by atoms with van der Waals surface area (Å²) in [5, 5.41) is 22.0. The fourth-order valence-electron chi connectivity index (χ4n) is 5.22. The van der Waals surface area contributed by atoms with E-state index in [1.165, 1.54) is 0 Å². The summed E-state index contributed by atoms with van der Waals surface area (Å²) in [5.74, 6) is 0.0863. The van der Waals surface area contributed by atoms with Crippen LogP contribution in [0.2, 0.25) is 5.02 Å². The van der Waals surface area contributed by atoms with Crippen molar-refractivity contribution in [3.63, 3.8) is 0 Å². The quantitative estimate of drug-likeness (QED) is 0.175. The van der Waals surface area contributed by atoms with E-state index in [0.29, 0.717) is 5.02 Å². The van der Waals surface area contributed by atoms with Crippen molar-refractivity contribution in [3.8, 4) is 0 Å². The molecule has 2 N–H and O–H groups in total. The molecule has 1 atom stereocenters. The molecule has 1 fully saturated rings. The topological polar surface area (TPSA) is 70.4 Å². The maximum atomic E-state index is 11.5. The summed E-state index contributed by atoms with van der Waals surface area (Å²) in [6.07, 6.45) is 7.78. The number of pyridine rings is 1. The van der Waals surface area contributed by atoms with Crippen LogP contribution >= 0.6 is 23.4 Å². The smallest absolute Gasteiger partial charge is 0.303 e. The van der Waals surface area contributed by atoms with Crippen molar-refractivity contribution in [1.82, 2.24) is 4.98 Å². The van der Waals surface area contributed by atoms with E-state index in [0.717, 1.165) is 70.3 Å². The van der Waals surface area contributed by atoms with Gasteiger partial charge in [-0.15, -0.1) is 0 Å². The van der Waals surface area contributed by atoms with Gasteiger partial charge in [0.1, 0.15) is 0 Å². The van der Waals surface area contributed by atoms with Crippen molar-refractivity contribution in [2.75, 3.05) is 5.75 Å². The number of carboxylic acid groups (broad SMARTS) is 1. The van der Waals surface area contributed by atoms with E-state index in [1.807, 2.05) is 92.4 Å². The molecule has 0 saturated heterocycles. The Hall–Kier alpha value is -3.30. The number of carbonyl (C=O) groups is 1. The second kappa shape index (κ2) is 12.3. The standard InChI is InChI=1S/C35H34ClNO3S/c1-34(2,40)30-9-4-3-7-25(30)13-17-32(41-23-35(18-19-35)22-33(38)39)27-8-5-6-24(20-27)10-15-29-16-12-26-11-14-28(36)21-31(26)37-29/h3-4,7-12,14-16,20-21,32,40H,13,17-19,22-23H2,1-2H3,(H,38,39). The number of aromatic nitrogens is 1. The molecular weight excluding hydrogens is 550 g/mol. The van der Waals surface area contributed by atoms with Crippen LogP contribution in [-0.2, 0) is 16.8 Å². The highest BCUT2D eigenvalue weighted by Gasteiger charge is 2.44. The monoisotopic (exact) mass is 583 g/mol. The van der Waals surface area contributed by atoms with Crippen molar-refractivity contribution < 1.29 is 15.0 Å². The number of aliphatic carboxylic acids is 1. The lowest BCUT2D eigenvalue weighted by atomic mass is 9.90. The van der Waals surface area contributed by atoms with Crippen LogP contribution in [0.15, 0.2) is 66.7 Å². The van der Waals surface area contributed by atoms with Crippen molar-refractivity contribution >= 4 is 52.4 Å². The van der Waals surface area contributed by atoms with E-state index in [4.69, 9.17) is 16.6 Å². The average Bonchev–Trinajstić information content (AvgIpc) is 3.70. The third-order valence-electron chi connectivity index (χ3n) is 7.69. The summed E-state index contributed by atoms with van der Waals surface area (Å²) in [6.45, 7) is 3.64. The van der Waals surface area contributed by atoms with Crippen LogP contribution in [0, 0.1) is 17.5 Å². The Morgan fingerprint density at radius 2 is 1.93 bits per heavy atom. The number of rotatable bonds is 12. The van der Waals surface area contributed by atoms with Crippen LogP contribution in [0.5, 0.6) is 0 Å². The zero-order valence-corrected chi connectivity index (χ0v) is 24.9. The summed E-state index contributed by atoms with van der Waals surface area (Å²) in [4.78, 5) is 16.2. The highest BCUT2D eigenvalue weighted by molar-refractivity contribution is 7.99. The van der Waals surface area contributed by atoms with E-state index >= 15 is 0 Å². The van der Waals surface area contributed by atoms with Crippen LogP contribution in [0.25, 0.3) is 23.1 Å². The van der Waals surface area contributed by atoms with Gasteiger partial charge < -0.3 is 10.2 Å². The molecule has 1 aliphatic carbocycles. The summed E-state index contributed by atoms with van der Waals surface area (Å²) in [6, 6.07) is 28.3. The second-order valence-corrected chi connectivity index (χ2v) is 13.2. The molecule has 0 amide bonds. The number of carboxylic acids is 1. The number of halogens is 1. The Balaban J connectivity index is 1.37. The number of aryl methyl sites for hydroxylation is 1. The number of thioether (sulfide) groups is 1. The number of aliphatic hydroxyl groups is 1. The lowest BCUT2D eigenvalue weighted by molar-refractivity contribution is -0.138. The lowest BCUT2D eigenvalue weighted by Gasteiger charge is -2.24. The minimum absolute atomic E-state index is 0.0995. The minimum atomic E-state index is -0.922. The summed E-state index contributed by atoms with van der Waals surface area (Å²) in [5.41, 5.74) is 4.77. The molecule has 0 radical (unpaired) electrons. The molecule has 6 heteroatoms. The van der Waals surface area contributed by atoms with E-state index in [-0.39, 0.29) is 17.1 Å². The van der Waals surface area contributed by atoms with E-state index in [2.05, 4.69) is 24.3 Å². The molecule has 1 aromatic heterocycles. The molecular formula is C35H34ClNO3S. The molecule has 5 rings (SSSR count). The normalized spacial score (nSPS) is 15.1. The molecule has 0 spiro atoms. The van der Waals surface area contributed by atoms with Crippen LogP contribution < -0.4 is 0 Å². The van der Waals surface area contributed by atoms with Gasteiger partial charge >= 0.3 is 5.97 Å². The molecule has 1 saturated carbocycles. The van der Waals surface area contributed by atoms with Gasteiger partial charge in [0.05, 0.1) is 23.2 Å². The molecule has 4 nitrogen and oxygen atoms in total. The predicted molar refractivity (Wildman–Crippen MR) is 169 cm³/mol. The molecule has 0 aliphatic heterocycles. The first-order valence-electron chi connectivity index (χ1n) is 13.9. The molecule has 0 bridgehead atoms. The van der Waals surface area contributed by atoms with Crippen molar-refractivity contribution in [1.29, 1.82) is 0 Å². The molecule has 1 aliphatic rings. The highest BCUT2D eigenvalue weighted by atomic mass is 35.5. The molecule has 210 valence electrons. The first kappa shape index (κ1) is 29.2. The van der Waals surface area contributed by atoms with Gasteiger partial charge in [-0.25, -0.2) is 4.98 Å². The maximum Gasteiger partial charge on any atom is 0.303 e. The van der Waals surface area contributed by atoms with Gasteiger partial charge in [-0.1, -0.05) is 60.1 Å². The second-order valence-electron chi connectivity index (χ2n) is 11.5. The number of hydrogen-bond donors (Lipinski definition) is 2. The number of nitrogens with zero attached hydrogens (tertiary/aromatic N) is 1. The average molecular weight is 584 g/mol. The predicted octanol–water partition coefficient (Wildman–Crippen LogP) is 8.55. The van der Waals surface area contributed by atoms with Crippen LogP contribution in [-0.4, -0.2) is 26.9 Å². The van der Waals surface area contributed by atoms with Crippen molar-refractivity contribution in [2.45, 2.75) is 56.8 Å². The fourth-order valence-corrected chi connectivity index (χ4v) is 6.95. The Bertz CT molecular complexity index is 1570. The van der Waals surface area contributed by atoms with Crippen LogP contribution in [0.1, 0.15) is 72.7 Å². The van der Waals surface area contributed by atoms with Gasteiger partial charge in [0, 0.05) is 27.0 Å². The third kappa shape index (κ3) is 7.71. The summed E-state index contributed by atoms with van der Waals surface area (Å²) >= 11 is 7.99. The Morgan fingerprint density at radius 1 is 1.15 bits per heavy atom. The van der Waals surface area contributed by atoms with Gasteiger partial charge in [-0.05, 0) is 104 Å². The van der Waals surface area contributed by atoms with Crippen LogP contribution in [0.3, 0.4) is 0 Å². The molecule has 3 aromatic carbocycles. The number of benzene rings is 2. The van der Waals surface area contributed by atoms with Crippen molar-refractivity contribution in [2.24, 2.45) is 5.41 Å². The van der Waals surface area contributed by atoms with Gasteiger partial charge in [0.15, 0.2) is 0 Å². The molecule has 41 heavy (non-hydrogen) atoms. The van der Waals surface area contributed by atoms with E-state index in [9.17, 15) is 15.0 Å². The Morgan fingerprint density at radius 3 is 2.68 bits per heavy atom. The maximum absolute atomic E-state index is 11.5. The minimum Gasteiger partial charge on any atom is -0.481 e. The first-order valence-corrected chi connectivity index (χ1v) is 15.3. The summed E-state index contributed by atoms with van der Waals surface area (Å²) in [7, 11) is 0. The number of hydrogen-bond acceptors (Lipinski definition) is 4. The molecule has 4 aromatic rings. The lowest BCUT2D eigenvalue weighted by Crippen LogP contribution is -2.18. The van der Waals surface area contributed by atoms with E-state index < -0.39 is 11.6 Å². The zero-order chi connectivity index (χ0) is 29.0. The van der Waals surface area contributed by atoms with Crippen molar-refractivity contribution in [3.05, 3.63) is 112 Å². The summed E-state index contributed by atoms with van der Waals surface area (Å²) < 4.78 is 0. The Kier molecular flexibility index (Phi) is 8.75. The SMILES string of the molecule is CC(C)(O)c1ccccc1CCC(SCC1(CC(=O)O)CC1)c1cc#cc(C=Cc2ccc3ccc(Cl)cc3n2)c1. The van der Waals surface area contributed by atoms with Gasteiger partial charge in [0.2, 0.25) is 0 Å². The highest BCUT2D eigenvalue weighted by Crippen LogP contribution is 2.53. The van der Waals surface area contributed by atoms with Gasteiger partial charge in [-0.3, -0.25) is 4.79 Å². The van der Waals surface area contributed by atoms with E-state index in [1.54, 1.807) is 0 Å². The van der Waals surface area contributed by atoms with Gasteiger partial charge in [-0.2, -0.15) is 11.8 Å². The van der Waals surface area contributed by atoms with Crippen LogP contribution in [0.4, 0.5) is 0 Å². The largest absolute Gasteiger partial charge is 0.481 e.